The number of aromatic nitrogens is 2. The van der Waals surface area contributed by atoms with Gasteiger partial charge in [-0.2, -0.15) is 0 Å². The van der Waals surface area contributed by atoms with Crippen LogP contribution in [0.5, 0.6) is 0 Å². The lowest BCUT2D eigenvalue weighted by molar-refractivity contribution is -0.0471. The van der Waals surface area contributed by atoms with Crippen molar-refractivity contribution in [3.05, 3.63) is 68.5 Å². The van der Waals surface area contributed by atoms with E-state index in [9.17, 15) is 19.8 Å². The van der Waals surface area contributed by atoms with Gasteiger partial charge in [0.25, 0.3) is 5.56 Å². The average molecular weight is 404 g/mol. The number of hydrogen-bond donors (Lipinski definition) is 3. The highest BCUT2D eigenvalue weighted by Gasteiger charge is 2.35. The normalized spacial score (nSPS) is 23.3. The minimum atomic E-state index is -0.883. The molecule has 0 amide bonds. The van der Waals surface area contributed by atoms with Crippen LogP contribution in [0.1, 0.15) is 50.7 Å². The van der Waals surface area contributed by atoms with E-state index in [0.717, 1.165) is 5.56 Å². The molecule has 1 unspecified atom stereocenters. The fourth-order valence-electron chi connectivity index (χ4n) is 3.54. The van der Waals surface area contributed by atoms with Gasteiger partial charge in [-0.25, -0.2) is 4.79 Å². The summed E-state index contributed by atoms with van der Waals surface area (Å²) in [6, 6.07) is 9.75. The van der Waals surface area contributed by atoms with Crippen molar-refractivity contribution in [2.75, 3.05) is 6.61 Å². The third kappa shape index (κ3) is 4.84. The summed E-state index contributed by atoms with van der Waals surface area (Å²) in [5.74, 6) is 0. The van der Waals surface area contributed by atoms with E-state index in [0.29, 0.717) is 0 Å². The van der Waals surface area contributed by atoms with Crippen LogP contribution in [-0.4, -0.2) is 38.6 Å². The van der Waals surface area contributed by atoms with Gasteiger partial charge in [-0.1, -0.05) is 51.1 Å². The molecule has 4 atom stereocenters. The number of H-pyrrole nitrogens is 1. The summed E-state index contributed by atoms with van der Waals surface area (Å²) >= 11 is 0. The molecule has 2 heterocycles. The zero-order chi connectivity index (χ0) is 21.2. The molecule has 1 aromatic heterocycles. The molecule has 3 N–H and O–H groups in total. The average Bonchev–Trinajstić information content (AvgIpc) is 3.03. The first kappa shape index (κ1) is 21.4. The zero-order valence-electron chi connectivity index (χ0n) is 16.9. The van der Waals surface area contributed by atoms with Crippen LogP contribution >= 0.6 is 0 Å². The van der Waals surface area contributed by atoms with Crippen LogP contribution in [0.2, 0.25) is 0 Å². The first-order valence-corrected chi connectivity index (χ1v) is 9.66. The molecule has 1 aliphatic heterocycles. The first-order chi connectivity index (χ1) is 13.7. The van der Waals surface area contributed by atoms with E-state index in [1.807, 2.05) is 30.3 Å². The number of rotatable bonds is 6. The van der Waals surface area contributed by atoms with Crippen molar-refractivity contribution >= 4 is 0 Å². The second kappa shape index (κ2) is 8.62. The quantitative estimate of drug-likeness (QED) is 0.672. The van der Waals surface area contributed by atoms with Crippen LogP contribution in [-0.2, 0) is 16.1 Å². The van der Waals surface area contributed by atoms with Crippen molar-refractivity contribution in [1.82, 2.24) is 9.55 Å². The molecule has 0 radical (unpaired) electrons. The second-order valence-electron chi connectivity index (χ2n) is 8.40. The molecule has 8 heteroatoms. The fraction of sp³-hybridized carbons (Fsp3) is 0.524. The van der Waals surface area contributed by atoms with Crippen LogP contribution in [0.4, 0.5) is 0 Å². The van der Waals surface area contributed by atoms with Crippen molar-refractivity contribution in [1.29, 1.82) is 0 Å². The Hall–Kier alpha value is -2.26. The standard InChI is InChI=1S/C21H28N2O6/c1-21(2,3)18(13-7-5-4-6-8-13)28-12-14-10-23(20(27)22-19(14)26)17-9-15(25)16(11-24)29-17/h4-8,10,15-18,24-25H,9,11-12H2,1-3H3,(H,22,26,27)/t15-,16-,17-,18?/m1/s1. The lowest BCUT2D eigenvalue weighted by Crippen LogP contribution is -2.35. The maximum absolute atomic E-state index is 12.3. The molecule has 1 aliphatic rings. The number of aliphatic hydroxyl groups excluding tert-OH is 2. The molecule has 29 heavy (non-hydrogen) atoms. The Balaban J connectivity index is 1.84. The summed E-state index contributed by atoms with van der Waals surface area (Å²) < 4.78 is 12.9. The van der Waals surface area contributed by atoms with Crippen LogP contribution in [0.15, 0.2) is 46.1 Å². The molecule has 0 spiro atoms. The molecule has 158 valence electrons. The predicted molar refractivity (Wildman–Crippen MR) is 106 cm³/mol. The van der Waals surface area contributed by atoms with Crippen molar-refractivity contribution in [2.45, 2.75) is 58.3 Å². The highest BCUT2D eigenvalue weighted by atomic mass is 16.5. The molecule has 0 bridgehead atoms. The number of ether oxygens (including phenoxy) is 2. The minimum absolute atomic E-state index is 0.00511. The maximum Gasteiger partial charge on any atom is 0.330 e. The second-order valence-corrected chi connectivity index (χ2v) is 8.40. The molecule has 2 aromatic rings. The largest absolute Gasteiger partial charge is 0.394 e. The number of aliphatic hydroxyl groups is 2. The molecule has 1 saturated heterocycles. The van der Waals surface area contributed by atoms with E-state index in [1.54, 1.807) is 0 Å². The summed E-state index contributed by atoms with van der Waals surface area (Å²) in [4.78, 5) is 26.8. The van der Waals surface area contributed by atoms with E-state index < -0.39 is 29.7 Å². The maximum atomic E-state index is 12.3. The van der Waals surface area contributed by atoms with E-state index in [4.69, 9.17) is 9.47 Å². The highest BCUT2D eigenvalue weighted by Crippen LogP contribution is 2.36. The van der Waals surface area contributed by atoms with Gasteiger partial charge in [0.1, 0.15) is 12.3 Å². The summed E-state index contributed by atoms with van der Waals surface area (Å²) in [6.07, 6.45) is -1.12. The zero-order valence-corrected chi connectivity index (χ0v) is 16.9. The van der Waals surface area contributed by atoms with E-state index >= 15 is 0 Å². The smallest absolute Gasteiger partial charge is 0.330 e. The van der Waals surface area contributed by atoms with Gasteiger partial charge in [0, 0.05) is 12.6 Å². The monoisotopic (exact) mass is 404 g/mol. The van der Waals surface area contributed by atoms with Gasteiger partial charge >= 0.3 is 5.69 Å². The number of nitrogens with zero attached hydrogens (tertiary/aromatic N) is 1. The van der Waals surface area contributed by atoms with Gasteiger partial charge in [0.15, 0.2) is 0 Å². The van der Waals surface area contributed by atoms with E-state index in [1.165, 1.54) is 10.8 Å². The van der Waals surface area contributed by atoms with Crippen LogP contribution in [0.25, 0.3) is 0 Å². The van der Waals surface area contributed by atoms with Crippen molar-refractivity contribution in [2.24, 2.45) is 5.41 Å². The Morgan fingerprint density at radius 3 is 2.55 bits per heavy atom. The summed E-state index contributed by atoms with van der Waals surface area (Å²) in [6.45, 7) is 5.82. The third-order valence-corrected chi connectivity index (χ3v) is 5.03. The van der Waals surface area contributed by atoms with Gasteiger partial charge in [0.05, 0.1) is 31.0 Å². The highest BCUT2D eigenvalue weighted by molar-refractivity contribution is 5.19. The van der Waals surface area contributed by atoms with Gasteiger partial charge in [-0.15, -0.1) is 0 Å². The topological polar surface area (TPSA) is 114 Å². The first-order valence-electron chi connectivity index (χ1n) is 9.66. The van der Waals surface area contributed by atoms with Crippen molar-refractivity contribution in [3.63, 3.8) is 0 Å². The molecule has 0 aliphatic carbocycles. The molecular formula is C21H28N2O6. The molecule has 0 saturated carbocycles. The van der Waals surface area contributed by atoms with Gasteiger partial charge in [0.2, 0.25) is 0 Å². The SMILES string of the molecule is CC(C)(C)C(OCc1cn([C@H]2C[C@@H](O)[C@@H](CO)O2)c(=O)[nH]c1=O)c1ccccc1. The lowest BCUT2D eigenvalue weighted by Gasteiger charge is -2.31. The summed E-state index contributed by atoms with van der Waals surface area (Å²) in [5, 5.41) is 19.2. The van der Waals surface area contributed by atoms with Crippen molar-refractivity contribution in [3.8, 4) is 0 Å². The van der Waals surface area contributed by atoms with Gasteiger partial charge in [-0.05, 0) is 11.0 Å². The van der Waals surface area contributed by atoms with Crippen LogP contribution in [0.3, 0.4) is 0 Å². The number of hydrogen-bond acceptors (Lipinski definition) is 6. The Labute approximate surface area is 168 Å². The fourth-order valence-corrected chi connectivity index (χ4v) is 3.54. The molecule has 3 rings (SSSR count). The third-order valence-electron chi connectivity index (χ3n) is 5.03. The Kier molecular flexibility index (Phi) is 6.38. The van der Waals surface area contributed by atoms with Crippen LogP contribution in [0, 0.1) is 5.41 Å². The Morgan fingerprint density at radius 1 is 1.28 bits per heavy atom. The Morgan fingerprint density at radius 2 is 1.97 bits per heavy atom. The predicted octanol–water partition coefficient (Wildman–Crippen LogP) is 1.48. The van der Waals surface area contributed by atoms with Crippen molar-refractivity contribution < 1.29 is 19.7 Å². The molecule has 1 fully saturated rings. The number of nitrogens with one attached hydrogen (secondary N) is 1. The molecular weight excluding hydrogens is 376 g/mol. The summed E-state index contributed by atoms with van der Waals surface area (Å²) in [5.41, 5.74) is -0.0948. The number of aromatic amines is 1. The molecule has 8 nitrogen and oxygen atoms in total. The lowest BCUT2D eigenvalue weighted by atomic mass is 9.84. The molecule has 1 aromatic carbocycles. The minimum Gasteiger partial charge on any atom is -0.394 e. The van der Waals surface area contributed by atoms with Gasteiger partial charge < -0.3 is 19.7 Å². The number of benzene rings is 1. The summed E-state index contributed by atoms with van der Waals surface area (Å²) in [7, 11) is 0. The van der Waals surface area contributed by atoms with E-state index in [2.05, 4.69) is 25.8 Å². The van der Waals surface area contributed by atoms with E-state index in [-0.39, 0.29) is 36.7 Å². The van der Waals surface area contributed by atoms with Gasteiger partial charge in [-0.3, -0.25) is 14.3 Å². The van der Waals surface area contributed by atoms with Crippen LogP contribution < -0.4 is 11.2 Å². The Bertz CT molecular complexity index is 931.